The topological polar surface area (TPSA) is 85.2 Å². The van der Waals surface area contributed by atoms with Crippen molar-refractivity contribution < 1.29 is 13.9 Å². The van der Waals surface area contributed by atoms with Crippen molar-refractivity contribution in [2.24, 2.45) is 5.92 Å². The van der Waals surface area contributed by atoms with Crippen LogP contribution in [-0.2, 0) is 11.3 Å². The minimum atomic E-state index is -0.282. The molecule has 1 aliphatic rings. The quantitative estimate of drug-likeness (QED) is 0.610. The summed E-state index contributed by atoms with van der Waals surface area (Å²) in [7, 11) is 5.19. The monoisotopic (exact) mass is 438 g/mol. The molecule has 8 nitrogen and oxygen atoms in total. The molecule has 3 aromatic rings. The number of carbonyl (C=O) groups excluding carboxylic acids is 1. The zero-order chi connectivity index (χ0) is 22.7. The molecule has 2 aromatic carbocycles. The summed E-state index contributed by atoms with van der Waals surface area (Å²) in [6.07, 6.45) is 3.16. The molecule has 3 unspecified atom stereocenters. The number of benzene rings is 2. The van der Waals surface area contributed by atoms with Crippen molar-refractivity contribution in [1.29, 1.82) is 0 Å². The maximum atomic E-state index is 13.5. The van der Waals surface area contributed by atoms with Gasteiger partial charge in [-0.25, -0.2) is 9.07 Å². The Morgan fingerprint density at radius 2 is 2.00 bits per heavy atom. The highest BCUT2D eigenvalue weighted by Gasteiger charge is 2.41. The van der Waals surface area contributed by atoms with Gasteiger partial charge in [0.05, 0.1) is 12.8 Å². The van der Waals surface area contributed by atoms with Crippen LogP contribution >= 0.6 is 0 Å². The number of tetrazole rings is 1. The average Bonchev–Trinajstić information content (AvgIpc) is 3.48. The fourth-order valence-corrected chi connectivity index (χ4v) is 4.55. The van der Waals surface area contributed by atoms with Gasteiger partial charge < -0.3 is 15.0 Å². The number of amides is 1. The summed E-state index contributed by atoms with van der Waals surface area (Å²) in [6.45, 7) is 0.546. The third-order valence-electron chi connectivity index (χ3n) is 6.10. The van der Waals surface area contributed by atoms with E-state index in [2.05, 4.69) is 20.8 Å². The number of aromatic nitrogens is 4. The summed E-state index contributed by atoms with van der Waals surface area (Å²) in [5, 5.41) is 15.0. The molecule has 1 aliphatic carbocycles. The number of ether oxygens (including phenoxy) is 1. The number of nitrogens with one attached hydrogen (secondary N) is 1. The molecule has 168 valence electrons. The Kier molecular flexibility index (Phi) is 6.45. The van der Waals surface area contributed by atoms with E-state index >= 15 is 0 Å². The van der Waals surface area contributed by atoms with Gasteiger partial charge in [-0.2, -0.15) is 0 Å². The molecular weight excluding hydrogens is 411 g/mol. The molecular formula is C23H27FN6O2. The highest BCUT2D eigenvalue weighted by atomic mass is 19.1. The molecule has 1 aromatic heterocycles. The van der Waals surface area contributed by atoms with Crippen LogP contribution in [0.2, 0.25) is 0 Å². The summed E-state index contributed by atoms with van der Waals surface area (Å²) in [5.74, 6) is 0.381. The zero-order valence-electron chi connectivity index (χ0n) is 18.4. The largest absolute Gasteiger partial charge is 0.496 e. The lowest BCUT2D eigenvalue weighted by Gasteiger charge is -2.28. The maximum absolute atomic E-state index is 13.5. The van der Waals surface area contributed by atoms with Gasteiger partial charge in [0, 0.05) is 44.1 Å². The van der Waals surface area contributed by atoms with Crippen molar-refractivity contribution in [1.82, 2.24) is 30.4 Å². The minimum Gasteiger partial charge on any atom is -0.496 e. The van der Waals surface area contributed by atoms with Crippen molar-refractivity contribution in [3.8, 4) is 11.4 Å². The van der Waals surface area contributed by atoms with Gasteiger partial charge in [0.2, 0.25) is 5.91 Å². The first-order valence-electron chi connectivity index (χ1n) is 10.6. The van der Waals surface area contributed by atoms with Gasteiger partial charge in [-0.1, -0.05) is 12.1 Å². The lowest BCUT2D eigenvalue weighted by molar-refractivity contribution is -0.133. The fourth-order valence-electron chi connectivity index (χ4n) is 4.55. The number of halogens is 1. The van der Waals surface area contributed by atoms with E-state index in [1.165, 1.54) is 18.5 Å². The Morgan fingerprint density at radius 3 is 2.66 bits per heavy atom. The van der Waals surface area contributed by atoms with Gasteiger partial charge in [0.25, 0.3) is 0 Å². The van der Waals surface area contributed by atoms with Crippen molar-refractivity contribution in [3.05, 3.63) is 65.7 Å². The van der Waals surface area contributed by atoms with Gasteiger partial charge in [-0.05, 0) is 59.2 Å². The highest BCUT2D eigenvalue weighted by Crippen LogP contribution is 2.41. The van der Waals surface area contributed by atoms with Crippen LogP contribution in [0.4, 0.5) is 4.39 Å². The summed E-state index contributed by atoms with van der Waals surface area (Å²) in [4.78, 5) is 14.5. The molecule has 0 spiro atoms. The first kappa shape index (κ1) is 21.9. The Morgan fingerprint density at radius 1 is 1.22 bits per heavy atom. The zero-order valence-corrected chi connectivity index (χ0v) is 18.4. The number of methoxy groups -OCH3 is 1. The summed E-state index contributed by atoms with van der Waals surface area (Å²) >= 11 is 0. The first-order chi connectivity index (χ1) is 15.5. The molecule has 1 amide bonds. The molecule has 0 aliphatic heterocycles. The van der Waals surface area contributed by atoms with Crippen LogP contribution in [0.25, 0.3) is 5.69 Å². The Bertz CT molecular complexity index is 1050. The second kappa shape index (κ2) is 9.44. The molecule has 0 saturated heterocycles. The predicted octanol–water partition coefficient (Wildman–Crippen LogP) is 2.55. The van der Waals surface area contributed by atoms with Gasteiger partial charge in [0.15, 0.2) is 0 Å². The number of nitrogens with zero attached hydrogens (tertiary/aromatic N) is 5. The number of hydrogen-bond acceptors (Lipinski definition) is 6. The van der Waals surface area contributed by atoms with Gasteiger partial charge in [-0.15, -0.1) is 5.10 Å². The standard InChI is InChI=1S/C23H27FN6O2/c1-29(2)23(31)19-9-10-20(22(19)15-4-6-17(24)7-5-15)25-13-16-12-18(8-11-21(16)32-3)30-14-26-27-28-30/h4-8,11-12,14,19-20,22,25H,9-10,13H2,1-3H3. The SMILES string of the molecule is COc1ccc(-n2cnnn2)cc1CNC1CCC(C(=O)N(C)C)C1c1ccc(F)cc1. The third-order valence-corrected chi connectivity index (χ3v) is 6.10. The van der Waals surface area contributed by atoms with Crippen molar-refractivity contribution in [2.75, 3.05) is 21.2 Å². The maximum Gasteiger partial charge on any atom is 0.225 e. The molecule has 32 heavy (non-hydrogen) atoms. The van der Waals surface area contributed by atoms with E-state index in [-0.39, 0.29) is 29.6 Å². The summed E-state index contributed by atoms with van der Waals surface area (Å²) in [5.41, 5.74) is 2.76. The van der Waals surface area contributed by atoms with E-state index in [0.717, 1.165) is 35.4 Å². The Balaban J connectivity index is 1.58. The highest BCUT2D eigenvalue weighted by molar-refractivity contribution is 5.80. The molecule has 1 fully saturated rings. The van der Waals surface area contributed by atoms with Crippen LogP contribution in [-0.4, -0.2) is 58.3 Å². The second-order valence-electron chi connectivity index (χ2n) is 8.23. The lowest BCUT2D eigenvalue weighted by Crippen LogP contribution is -2.37. The van der Waals surface area contributed by atoms with Crippen molar-refractivity contribution in [3.63, 3.8) is 0 Å². The van der Waals surface area contributed by atoms with E-state index in [1.807, 2.05) is 18.2 Å². The molecule has 1 N–H and O–H groups in total. The third kappa shape index (κ3) is 4.47. The molecule has 4 rings (SSSR count). The smallest absolute Gasteiger partial charge is 0.225 e. The van der Waals surface area contributed by atoms with Crippen LogP contribution in [0.3, 0.4) is 0 Å². The molecule has 1 saturated carbocycles. The molecule has 0 radical (unpaired) electrons. The van der Waals surface area contributed by atoms with E-state index in [1.54, 1.807) is 42.9 Å². The summed E-state index contributed by atoms with van der Waals surface area (Å²) in [6, 6.07) is 12.3. The van der Waals surface area contributed by atoms with Crippen LogP contribution < -0.4 is 10.1 Å². The number of rotatable bonds is 7. The van der Waals surface area contributed by atoms with Crippen molar-refractivity contribution in [2.45, 2.75) is 31.3 Å². The molecule has 0 bridgehead atoms. The average molecular weight is 439 g/mol. The predicted molar refractivity (Wildman–Crippen MR) is 117 cm³/mol. The lowest BCUT2D eigenvalue weighted by atomic mass is 9.85. The Hall–Kier alpha value is -3.33. The van der Waals surface area contributed by atoms with Crippen molar-refractivity contribution >= 4 is 5.91 Å². The van der Waals surface area contributed by atoms with Crippen LogP contribution in [0.1, 0.15) is 29.9 Å². The van der Waals surface area contributed by atoms with Crippen LogP contribution in [0.15, 0.2) is 48.8 Å². The van der Waals surface area contributed by atoms with E-state index < -0.39 is 0 Å². The number of carbonyl (C=O) groups is 1. The van der Waals surface area contributed by atoms with Crippen LogP contribution in [0, 0.1) is 11.7 Å². The first-order valence-corrected chi connectivity index (χ1v) is 10.6. The number of hydrogen-bond donors (Lipinski definition) is 1. The Labute approximate surface area is 186 Å². The van der Waals surface area contributed by atoms with Gasteiger partial charge >= 0.3 is 0 Å². The van der Waals surface area contributed by atoms with Gasteiger partial charge in [0.1, 0.15) is 17.9 Å². The molecule has 1 heterocycles. The van der Waals surface area contributed by atoms with Gasteiger partial charge in [-0.3, -0.25) is 4.79 Å². The van der Waals surface area contributed by atoms with E-state index in [0.29, 0.717) is 6.54 Å². The fraction of sp³-hybridized carbons (Fsp3) is 0.391. The minimum absolute atomic E-state index is 0.0424. The van der Waals surface area contributed by atoms with E-state index in [4.69, 9.17) is 4.74 Å². The second-order valence-corrected chi connectivity index (χ2v) is 8.23. The summed E-state index contributed by atoms with van der Waals surface area (Å²) < 4.78 is 20.7. The normalized spacial score (nSPS) is 20.3. The van der Waals surface area contributed by atoms with E-state index in [9.17, 15) is 9.18 Å². The molecule has 9 heteroatoms. The molecule has 3 atom stereocenters. The van der Waals surface area contributed by atoms with Crippen LogP contribution in [0.5, 0.6) is 5.75 Å².